The van der Waals surface area contributed by atoms with Crippen molar-refractivity contribution in [3.05, 3.63) is 30.0 Å². The van der Waals surface area contributed by atoms with Crippen molar-refractivity contribution >= 4 is 5.91 Å². The summed E-state index contributed by atoms with van der Waals surface area (Å²) in [5.41, 5.74) is 2.64. The Kier molecular flexibility index (Phi) is 4.41. The average Bonchev–Trinajstić information content (AvgIpc) is 3.00. The van der Waals surface area contributed by atoms with Crippen LogP contribution in [-0.4, -0.2) is 39.0 Å². The molecule has 23 heavy (non-hydrogen) atoms. The van der Waals surface area contributed by atoms with Crippen LogP contribution in [0.4, 0.5) is 0 Å². The first kappa shape index (κ1) is 15.6. The highest BCUT2D eigenvalue weighted by atomic mass is 16.5. The zero-order chi connectivity index (χ0) is 16.4. The summed E-state index contributed by atoms with van der Waals surface area (Å²) in [7, 11) is 0. The molecule has 0 aromatic carbocycles. The Morgan fingerprint density at radius 1 is 1.43 bits per heavy atom. The molecule has 0 radical (unpaired) electrons. The van der Waals surface area contributed by atoms with Gasteiger partial charge in [0.2, 0.25) is 5.91 Å². The number of hydrogen-bond acceptors (Lipinski definition) is 5. The second-order valence-electron chi connectivity index (χ2n) is 6.43. The van der Waals surface area contributed by atoms with E-state index in [0.717, 1.165) is 36.3 Å². The van der Waals surface area contributed by atoms with Crippen LogP contribution in [0.5, 0.6) is 0 Å². The largest absolute Gasteiger partial charge is 0.356 e. The van der Waals surface area contributed by atoms with E-state index >= 15 is 0 Å². The summed E-state index contributed by atoms with van der Waals surface area (Å²) in [5.74, 6) is 1.12. The minimum absolute atomic E-state index is 0.0237. The van der Waals surface area contributed by atoms with Gasteiger partial charge in [0.05, 0.1) is 17.0 Å². The molecule has 6 nitrogen and oxygen atoms in total. The number of nitrogens with zero attached hydrogens (tertiary/aromatic N) is 4. The summed E-state index contributed by atoms with van der Waals surface area (Å²) in [6, 6.07) is 1.89. The lowest BCUT2D eigenvalue weighted by Gasteiger charge is -2.34. The van der Waals surface area contributed by atoms with E-state index in [2.05, 4.69) is 15.1 Å². The molecule has 6 heteroatoms. The molecule has 0 N–H and O–H groups in total. The van der Waals surface area contributed by atoms with Crippen LogP contribution in [0.2, 0.25) is 0 Å². The maximum atomic E-state index is 12.3. The van der Waals surface area contributed by atoms with Crippen LogP contribution in [-0.2, 0) is 4.79 Å². The van der Waals surface area contributed by atoms with Crippen LogP contribution >= 0.6 is 0 Å². The lowest BCUT2D eigenvalue weighted by molar-refractivity contribution is -0.135. The minimum atomic E-state index is 0.0237. The number of aromatic nitrogens is 3. The summed E-state index contributed by atoms with van der Waals surface area (Å²) < 4.78 is 5.38. The molecule has 0 saturated carbocycles. The van der Waals surface area contributed by atoms with E-state index in [0.29, 0.717) is 12.3 Å². The molecule has 3 heterocycles. The summed E-state index contributed by atoms with van der Waals surface area (Å²) in [6.07, 6.45) is 5.33. The first-order valence-electron chi connectivity index (χ1n) is 8.08. The van der Waals surface area contributed by atoms with E-state index in [-0.39, 0.29) is 17.7 Å². The molecule has 2 aromatic rings. The predicted molar refractivity (Wildman–Crippen MR) is 85.7 cm³/mol. The number of rotatable bonds is 3. The fraction of sp³-hybridized carbons (Fsp3) is 0.529. The molecule has 0 bridgehead atoms. The van der Waals surface area contributed by atoms with Crippen molar-refractivity contribution in [2.75, 3.05) is 13.1 Å². The maximum absolute atomic E-state index is 12.3. The monoisotopic (exact) mass is 314 g/mol. The molecule has 1 aliphatic heterocycles. The molecule has 1 amide bonds. The molecule has 1 fully saturated rings. The van der Waals surface area contributed by atoms with Gasteiger partial charge in [-0.3, -0.25) is 4.79 Å². The van der Waals surface area contributed by atoms with Gasteiger partial charge in [-0.2, -0.15) is 0 Å². The third-order valence-electron chi connectivity index (χ3n) is 4.25. The van der Waals surface area contributed by atoms with E-state index in [1.165, 1.54) is 0 Å². The summed E-state index contributed by atoms with van der Waals surface area (Å²) in [6.45, 7) is 7.31. The van der Waals surface area contributed by atoms with Gasteiger partial charge in [-0.05, 0) is 19.8 Å². The highest BCUT2D eigenvalue weighted by Gasteiger charge is 2.29. The maximum Gasteiger partial charge on any atom is 0.225 e. The third-order valence-corrected chi connectivity index (χ3v) is 4.25. The van der Waals surface area contributed by atoms with Crippen molar-refractivity contribution in [3.63, 3.8) is 0 Å². The molecule has 1 saturated heterocycles. The zero-order valence-electron chi connectivity index (χ0n) is 13.8. The number of aryl methyl sites for hydroxylation is 1. The molecule has 2 aromatic heterocycles. The first-order chi connectivity index (χ1) is 11.1. The molecule has 122 valence electrons. The highest BCUT2D eigenvalue weighted by Crippen LogP contribution is 2.33. The predicted octanol–water partition coefficient (Wildman–Crippen LogP) is 2.80. The fourth-order valence-electron chi connectivity index (χ4n) is 3.11. The number of hydrogen-bond donors (Lipinski definition) is 0. The lowest BCUT2D eigenvalue weighted by Crippen LogP contribution is -2.41. The number of piperidine rings is 1. The third kappa shape index (κ3) is 3.25. The average molecular weight is 314 g/mol. The Morgan fingerprint density at radius 2 is 2.26 bits per heavy atom. The van der Waals surface area contributed by atoms with Gasteiger partial charge in [-0.15, -0.1) is 0 Å². The SMILES string of the molecule is Cc1cc(-c2cncnc2[C@H]2CCCN(C(=O)C(C)C)C2)on1. The van der Waals surface area contributed by atoms with Gasteiger partial charge in [-0.25, -0.2) is 9.97 Å². The molecule has 0 unspecified atom stereocenters. The van der Waals surface area contributed by atoms with Crippen molar-refractivity contribution < 1.29 is 9.32 Å². The topological polar surface area (TPSA) is 72.1 Å². The Balaban J connectivity index is 1.88. The quantitative estimate of drug-likeness (QED) is 0.871. The molecular weight excluding hydrogens is 292 g/mol. The number of likely N-dealkylation sites (tertiary alicyclic amines) is 1. The molecule has 3 rings (SSSR count). The van der Waals surface area contributed by atoms with Gasteiger partial charge in [0.1, 0.15) is 6.33 Å². The normalized spacial score (nSPS) is 18.4. The molecule has 0 aliphatic carbocycles. The number of carbonyl (C=O) groups is 1. The van der Waals surface area contributed by atoms with E-state index in [1.807, 2.05) is 31.7 Å². The summed E-state index contributed by atoms with van der Waals surface area (Å²) in [5, 5.41) is 3.95. The van der Waals surface area contributed by atoms with Gasteiger partial charge in [0, 0.05) is 37.2 Å². The second kappa shape index (κ2) is 6.48. The minimum Gasteiger partial charge on any atom is -0.356 e. The lowest BCUT2D eigenvalue weighted by atomic mass is 9.91. The van der Waals surface area contributed by atoms with Crippen LogP contribution in [0.15, 0.2) is 23.1 Å². The summed E-state index contributed by atoms with van der Waals surface area (Å²) >= 11 is 0. The van der Waals surface area contributed by atoms with Gasteiger partial charge < -0.3 is 9.42 Å². The second-order valence-corrected chi connectivity index (χ2v) is 6.43. The fourth-order valence-corrected chi connectivity index (χ4v) is 3.11. The smallest absolute Gasteiger partial charge is 0.225 e. The van der Waals surface area contributed by atoms with E-state index < -0.39 is 0 Å². The van der Waals surface area contributed by atoms with Crippen LogP contribution in [0, 0.1) is 12.8 Å². The highest BCUT2D eigenvalue weighted by molar-refractivity contribution is 5.78. The van der Waals surface area contributed by atoms with Crippen molar-refractivity contribution in [2.24, 2.45) is 5.92 Å². The molecular formula is C17H22N4O2. The van der Waals surface area contributed by atoms with Crippen LogP contribution < -0.4 is 0 Å². The van der Waals surface area contributed by atoms with Gasteiger partial charge in [0.15, 0.2) is 5.76 Å². The van der Waals surface area contributed by atoms with Gasteiger partial charge in [0.25, 0.3) is 0 Å². The number of carbonyl (C=O) groups excluding carboxylic acids is 1. The van der Waals surface area contributed by atoms with Crippen LogP contribution in [0.3, 0.4) is 0 Å². The van der Waals surface area contributed by atoms with Crippen LogP contribution in [0.1, 0.15) is 44.0 Å². The standard InChI is InChI=1S/C17H22N4O2/c1-11(2)17(22)21-6-4-5-13(9-21)16-14(8-18-10-19-16)15-7-12(3)20-23-15/h7-8,10-11,13H,4-6,9H2,1-3H3/t13-/m0/s1. The van der Waals surface area contributed by atoms with Gasteiger partial charge in [-0.1, -0.05) is 19.0 Å². The Bertz CT molecular complexity index is 695. The van der Waals surface area contributed by atoms with Crippen molar-refractivity contribution in [2.45, 2.75) is 39.5 Å². The molecule has 1 atom stereocenters. The van der Waals surface area contributed by atoms with Gasteiger partial charge >= 0.3 is 0 Å². The molecule has 0 spiro atoms. The van der Waals surface area contributed by atoms with E-state index in [1.54, 1.807) is 12.5 Å². The zero-order valence-corrected chi connectivity index (χ0v) is 13.8. The van der Waals surface area contributed by atoms with Crippen molar-refractivity contribution in [1.82, 2.24) is 20.0 Å². The first-order valence-corrected chi connectivity index (χ1v) is 8.08. The van der Waals surface area contributed by atoms with Crippen molar-refractivity contribution in [3.8, 4) is 11.3 Å². The Labute approximate surface area is 135 Å². The van der Waals surface area contributed by atoms with E-state index in [9.17, 15) is 4.79 Å². The molecule has 1 aliphatic rings. The Morgan fingerprint density at radius 3 is 2.96 bits per heavy atom. The number of amides is 1. The summed E-state index contributed by atoms with van der Waals surface area (Å²) in [4.78, 5) is 22.9. The van der Waals surface area contributed by atoms with E-state index in [4.69, 9.17) is 4.52 Å². The Hall–Kier alpha value is -2.24. The van der Waals surface area contributed by atoms with Crippen LogP contribution in [0.25, 0.3) is 11.3 Å². The van der Waals surface area contributed by atoms with Crippen molar-refractivity contribution in [1.29, 1.82) is 0 Å².